The Morgan fingerprint density at radius 2 is 1.90 bits per heavy atom. The van der Waals surface area contributed by atoms with Gasteiger partial charge in [0.05, 0.1) is 0 Å². The number of rotatable bonds is 2. The van der Waals surface area contributed by atoms with Crippen molar-refractivity contribution in [3.8, 4) is 0 Å². The number of hydrogen-bond acceptors (Lipinski definition) is 2. The molecule has 1 N–H and O–H groups in total. The standard InChI is InChI=1S/C19H24N2/c1-19(2,3)17-9-10-20-18-16(17)12-15(13-21-18)11-14-7-5-4-6-8-14/h4-8,12-13,17H,9-11H2,1-3H3,(H,20,21). The van der Waals surface area contributed by atoms with Crippen LogP contribution in [0.15, 0.2) is 42.6 Å². The predicted molar refractivity (Wildman–Crippen MR) is 88.8 cm³/mol. The summed E-state index contributed by atoms with van der Waals surface area (Å²) < 4.78 is 0. The average molecular weight is 280 g/mol. The van der Waals surface area contributed by atoms with E-state index in [1.165, 1.54) is 23.1 Å². The van der Waals surface area contributed by atoms with Crippen molar-refractivity contribution < 1.29 is 0 Å². The first-order chi connectivity index (χ1) is 10.0. The third kappa shape index (κ3) is 3.10. The number of anilines is 1. The number of pyridine rings is 1. The molecule has 0 radical (unpaired) electrons. The van der Waals surface area contributed by atoms with E-state index in [1.54, 1.807) is 0 Å². The van der Waals surface area contributed by atoms with E-state index in [1.807, 2.05) is 6.20 Å². The molecule has 1 aromatic carbocycles. The zero-order valence-corrected chi connectivity index (χ0v) is 13.2. The summed E-state index contributed by atoms with van der Waals surface area (Å²) in [6.07, 6.45) is 4.16. The molecule has 0 amide bonds. The summed E-state index contributed by atoms with van der Waals surface area (Å²) >= 11 is 0. The highest BCUT2D eigenvalue weighted by molar-refractivity contribution is 5.51. The second-order valence-corrected chi connectivity index (χ2v) is 7.08. The van der Waals surface area contributed by atoms with E-state index in [2.05, 4.69) is 67.5 Å². The van der Waals surface area contributed by atoms with Crippen molar-refractivity contribution in [3.63, 3.8) is 0 Å². The van der Waals surface area contributed by atoms with Gasteiger partial charge in [0.15, 0.2) is 0 Å². The first-order valence-electron chi connectivity index (χ1n) is 7.80. The third-order valence-corrected chi connectivity index (χ3v) is 4.37. The monoisotopic (exact) mass is 280 g/mol. The van der Waals surface area contributed by atoms with Crippen molar-refractivity contribution in [1.82, 2.24) is 4.98 Å². The molecule has 1 aliphatic rings. The molecule has 110 valence electrons. The third-order valence-electron chi connectivity index (χ3n) is 4.37. The molecule has 1 unspecified atom stereocenters. The Balaban J connectivity index is 1.92. The van der Waals surface area contributed by atoms with Gasteiger partial charge >= 0.3 is 0 Å². The highest BCUT2D eigenvalue weighted by Crippen LogP contribution is 2.42. The molecular weight excluding hydrogens is 256 g/mol. The molecule has 2 aromatic rings. The van der Waals surface area contributed by atoms with E-state index < -0.39 is 0 Å². The lowest BCUT2D eigenvalue weighted by Crippen LogP contribution is -2.27. The maximum Gasteiger partial charge on any atom is 0.129 e. The van der Waals surface area contributed by atoms with E-state index in [4.69, 9.17) is 0 Å². The summed E-state index contributed by atoms with van der Waals surface area (Å²) in [5, 5.41) is 3.44. The highest BCUT2D eigenvalue weighted by Gasteiger charge is 2.31. The Bertz CT molecular complexity index is 611. The molecule has 3 rings (SSSR count). The predicted octanol–water partition coefficient (Wildman–Crippen LogP) is 4.62. The van der Waals surface area contributed by atoms with Crippen molar-refractivity contribution in [3.05, 3.63) is 59.3 Å². The quantitative estimate of drug-likeness (QED) is 0.868. The van der Waals surface area contributed by atoms with Crippen LogP contribution in [0.5, 0.6) is 0 Å². The summed E-state index contributed by atoms with van der Waals surface area (Å²) in [6, 6.07) is 13.0. The van der Waals surface area contributed by atoms with Crippen molar-refractivity contribution in [2.45, 2.75) is 39.5 Å². The zero-order chi connectivity index (χ0) is 14.9. The molecule has 2 nitrogen and oxygen atoms in total. The van der Waals surface area contributed by atoms with Crippen LogP contribution in [-0.4, -0.2) is 11.5 Å². The molecule has 0 saturated carbocycles. The highest BCUT2D eigenvalue weighted by atomic mass is 15.0. The Kier molecular flexibility index (Phi) is 3.71. The lowest BCUT2D eigenvalue weighted by molar-refractivity contribution is 0.305. The Hall–Kier alpha value is -1.83. The fraction of sp³-hybridized carbons (Fsp3) is 0.421. The molecule has 2 heterocycles. The molecule has 1 aliphatic heterocycles. The van der Waals surface area contributed by atoms with Crippen LogP contribution in [0.25, 0.3) is 0 Å². The molecule has 0 fully saturated rings. The number of hydrogen-bond donors (Lipinski definition) is 1. The van der Waals surface area contributed by atoms with Gasteiger partial charge in [-0.2, -0.15) is 0 Å². The van der Waals surface area contributed by atoms with Crippen LogP contribution in [0, 0.1) is 5.41 Å². The molecule has 0 spiro atoms. The van der Waals surface area contributed by atoms with Gasteiger partial charge in [0, 0.05) is 12.7 Å². The van der Waals surface area contributed by atoms with E-state index >= 15 is 0 Å². The number of fused-ring (bicyclic) bond motifs is 1. The van der Waals surface area contributed by atoms with Crippen LogP contribution in [0.2, 0.25) is 0 Å². The SMILES string of the molecule is CC(C)(C)C1CCNc2ncc(Cc3ccccc3)cc21. The normalized spacial score (nSPS) is 18.0. The number of nitrogens with one attached hydrogen (secondary N) is 1. The summed E-state index contributed by atoms with van der Waals surface area (Å²) in [4.78, 5) is 4.67. The first-order valence-corrected chi connectivity index (χ1v) is 7.80. The minimum Gasteiger partial charge on any atom is -0.370 e. The van der Waals surface area contributed by atoms with Gasteiger partial charge in [-0.05, 0) is 46.9 Å². The van der Waals surface area contributed by atoms with E-state index in [-0.39, 0.29) is 5.41 Å². The van der Waals surface area contributed by atoms with E-state index in [0.717, 1.165) is 18.8 Å². The molecule has 2 heteroatoms. The smallest absolute Gasteiger partial charge is 0.129 e. The van der Waals surface area contributed by atoms with Gasteiger partial charge in [-0.15, -0.1) is 0 Å². The van der Waals surface area contributed by atoms with Gasteiger partial charge in [-0.3, -0.25) is 0 Å². The van der Waals surface area contributed by atoms with Gasteiger partial charge in [-0.25, -0.2) is 4.98 Å². The second kappa shape index (κ2) is 5.51. The summed E-state index contributed by atoms with van der Waals surface area (Å²) in [7, 11) is 0. The topological polar surface area (TPSA) is 24.9 Å². The van der Waals surface area contributed by atoms with Gasteiger partial charge in [0.25, 0.3) is 0 Å². The van der Waals surface area contributed by atoms with Crippen LogP contribution in [-0.2, 0) is 6.42 Å². The largest absolute Gasteiger partial charge is 0.370 e. The van der Waals surface area contributed by atoms with Crippen molar-refractivity contribution in [2.24, 2.45) is 5.41 Å². The van der Waals surface area contributed by atoms with Gasteiger partial charge in [0.2, 0.25) is 0 Å². The molecule has 1 atom stereocenters. The maximum atomic E-state index is 4.67. The molecule has 0 saturated heterocycles. The van der Waals surface area contributed by atoms with Crippen LogP contribution >= 0.6 is 0 Å². The minimum atomic E-state index is 0.282. The number of nitrogens with zero attached hydrogens (tertiary/aromatic N) is 1. The van der Waals surface area contributed by atoms with Gasteiger partial charge in [0.1, 0.15) is 5.82 Å². The van der Waals surface area contributed by atoms with Crippen LogP contribution in [0.1, 0.15) is 49.8 Å². The lowest BCUT2D eigenvalue weighted by Gasteiger charge is -2.35. The molecular formula is C19H24N2. The fourth-order valence-electron chi connectivity index (χ4n) is 3.26. The second-order valence-electron chi connectivity index (χ2n) is 7.08. The molecule has 0 bridgehead atoms. The van der Waals surface area contributed by atoms with Crippen LogP contribution in [0.3, 0.4) is 0 Å². The van der Waals surface area contributed by atoms with Crippen molar-refractivity contribution in [1.29, 1.82) is 0 Å². The fourth-order valence-corrected chi connectivity index (χ4v) is 3.26. The minimum absolute atomic E-state index is 0.282. The Morgan fingerprint density at radius 1 is 1.14 bits per heavy atom. The van der Waals surface area contributed by atoms with Crippen LogP contribution in [0.4, 0.5) is 5.82 Å². The number of aromatic nitrogens is 1. The maximum absolute atomic E-state index is 4.67. The summed E-state index contributed by atoms with van der Waals surface area (Å²) in [5.41, 5.74) is 4.32. The van der Waals surface area contributed by atoms with Crippen LogP contribution < -0.4 is 5.32 Å². The molecule has 1 aromatic heterocycles. The summed E-state index contributed by atoms with van der Waals surface area (Å²) in [5.74, 6) is 1.66. The Morgan fingerprint density at radius 3 is 2.62 bits per heavy atom. The summed E-state index contributed by atoms with van der Waals surface area (Å²) in [6.45, 7) is 8.02. The van der Waals surface area contributed by atoms with Crippen molar-refractivity contribution >= 4 is 5.82 Å². The van der Waals surface area contributed by atoms with E-state index in [9.17, 15) is 0 Å². The molecule has 21 heavy (non-hydrogen) atoms. The van der Waals surface area contributed by atoms with Gasteiger partial charge < -0.3 is 5.32 Å². The van der Waals surface area contributed by atoms with Gasteiger partial charge in [-0.1, -0.05) is 51.1 Å². The average Bonchev–Trinajstić information content (AvgIpc) is 2.46. The molecule has 0 aliphatic carbocycles. The zero-order valence-electron chi connectivity index (χ0n) is 13.2. The first kappa shape index (κ1) is 14.1. The Labute approximate surface area is 127 Å². The lowest BCUT2D eigenvalue weighted by atomic mass is 9.73. The van der Waals surface area contributed by atoms with Crippen molar-refractivity contribution in [2.75, 3.05) is 11.9 Å². The number of benzene rings is 1. The van der Waals surface area contributed by atoms with E-state index in [0.29, 0.717) is 5.92 Å².